The number of hydrogen-bond donors (Lipinski definition) is 1. The molecule has 0 saturated heterocycles. The first-order valence-corrected chi connectivity index (χ1v) is 5.72. The number of nitrogens with one attached hydrogen (secondary N) is 1. The zero-order chi connectivity index (χ0) is 11.8. The fraction of sp³-hybridized carbons (Fsp3) is 0.667. The molecule has 4 heteroatoms. The van der Waals surface area contributed by atoms with E-state index >= 15 is 0 Å². The molecule has 1 amide bonds. The number of carbonyl (C=O) groups is 2. The van der Waals surface area contributed by atoms with E-state index in [2.05, 4.69) is 22.2 Å². The van der Waals surface area contributed by atoms with Crippen molar-refractivity contribution in [1.82, 2.24) is 5.32 Å². The quantitative estimate of drug-likeness (QED) is 0.422. The molecule has 0 fully saturated rings. The number of rotatable bonds is 6. The molecule has 1 aliphatic carbocycles. The summed E-state index contributed by atoms with van der Waals surface area (Å²) in [5.74, 6) is 0.245. The molecule has 1 rings (SSSR count). The molecule has 4 nitrogen and oxygen atoms in total. The molecule has 0 aliphatic heterocycles. The van der Waals surface area contributed by atoms with Gasteiger partial charge in [0.1, 0.15) is 0 Å². The number of hydrogen-bond acceptors (Lipinski definition) is 3. The van der Waals surface area contributed by atoms with Crippen LogP contribution in [0.1, 0.15) is 32.1 Å². The summed E-state index contributed by atoms with van der Waals surface area (Å²) in [6, 6.07) is 0. The van der Waals surface area contributed by atoms with Crippen molar-refractivity contribution in [2.24, 2.45) is 5.92 Å². The average Bonchev–Trinajstić information content (AvgIpc) is 2.76. The zero-order valence-electron chi connectivity index (χ0n) is 9.70. The van der Waals surface area contributed by atoms with Crippen molar-refractivity contribution in [3.63, 3.8) is 0 Å². The van der Waals surface area contributed by atoms with Crippen molar-refractivity contribution < 1.29 is 14.3 Å². The molecule has 1 unspecified atom stereocenters. The summed E-state index contributed by atoms with van der Waals surface area (Å²) in [5.41, 5.74) is 0. The molecule has 0 saturated carbocycles. The van der Waals surface area contributed by atoms with E-state index in [1.807, 2.05) is 0 Å². The van der Waals surface area contributed by atoms with Gasteiger partial charge in [0.15, 0.2) is 0 Å². The summed E-state index contributed by atoms with van der Waals surface area (Å²) in [7, 11) is 1.37. The van der Waals surface area contributed by atoms with Crippen LogP contribution in [-0.2, 0) is 14.3 Å². The van der Waals surface area contributed by atoms with Crippen molar-refractivity contribution in [3.05, 3.63) is 12.2 Å². The highest BCUT2D eigenvalue weighted by Crippen LogP contribution is 2.19. The van der Waals surface area contributed by atoms with E-state index in [9.17, 15) is 9.59 Å². The third-order valence-electron chi connectivity index (χ3n) is 2.67. The highest BCUT2D eigenvalue weighted by Gasteiger charge is 2.13. The molecule has 90 valence electrons. The second kappa shape index (κ2) is 7.04. The van der Waals surface area contributed by atoms with Crippen LogP contribution in [0.15, 0.2) is 12.2 Å². The summed E-state index contributed by atoms with van der Waals surface area (Å²) < 4.78 is 4.50. The maximum atomic E-state index is 11.5. The molecular weight excluding hydrogens is 206 g/mol. The van der Waals surface area contributed by atoms with E-state index in [1.165, 1.54) is 7.11 Å². The summed E-state index contributed by atoms with van der Waals surface area (Å²) in [5, 5.41) is 2.81. The van der Waals surface area contributed by atoms with Crippen molar-refractivity contribution in [2.75, 3.05) is 13.7 Å². The SMILES string of the molecule is COC(=O)CCCNC(=O)CC1C=CCC1. The fourth-order valence-electron chi connectivity index (χ4n) is 1.74. The van der Waals surface area contributed by atoms with Crippen LogP contribution in [0.4, 0.5) is 0 Å². The number of esters is 1. The van der Waals surface area contributed by atoms with Crippen LogP contribution in [0.3, 0.4) is 0 Å². The van der Waals surface area contributed by atoms with E-state index in [-0.39, 0.29) is 11.9 Å². The van der Waals surface area contributed by atoms with Gasteiger partial charge in [-0.25, -0.2) is 0 Å². The normalized spacial score (nSPS) is 18.4. The summed E-state index contributed by atoms with van der Waals surface area (Å²) in [6.07, 6.45) is 7.95. The maximum absolute atomic E-state index is 11.5. The zero-order valence-corrected chi connectivity index (χ0v) is 9.70. The Labute approximate surface area is 96.0 Å². The summed E-state index contributed by atoms with van der Waals surface area (Å²) >= 11 is 0. The van der Waals surface area contributed by atoms with Crippen molar-refractivity contribution in [1.29, 1.82) is 0 Å². The first-order chi connectivity index (χ1) is 7.72. The van der Waals surface area contributed by atoms with Crippen molar-refractivity contribution in [3.8, 4) is 0 Å². The van der Waals surface area contributed by atoms with Gasteiger partial charge < -0.3 is 10.1 Å². The maximum Gasteiger partial charge on any atom is 0.305 e. The average molecular weight is 225 g/mol. The molecule has 0 aromatic carbocycles. The number of carbonyl (C=O) groups excluding carboxylic acids is 2. The molecule has 1 N–H and O–H groups in total. The molecule has 0 radical (unpaired) electrons. The molecule has 16 heavy (non-hydrogen) atoms. The first kappa shape index (κ1) is 12.7. The van der Waals surface area contributed by atoms with E-state index < -0.39 is 0 Å². The van der Waals surface area contributed by atoms with Gasteiger partial charge in [-0.05, 0) is 25.2 Å². The Hall–Kier alpha value is -1.32. The number of methoxy groups -OCH3 is 1. The topological polar surface area (TPSA) is 55.4 Å². The van der Waals surface area contributed by atoms with Crippen LogP contribution in [0.5, 0.6) is 0 Å². The van der Waals surface area contributed by atoms with Gasteiger partial charge >= 0.3 is 5.97 Å². The van der Waals surface area contributed by atoms with Crippen LogP contribution in [-0.4, -0.2) is 25.5 Å². The number of ether oxygens (including phenoxy) is 1. The van der Waals surface area contributed by atoms with E-state index in [1.54, 1.807) is 0 Å². The Balaban J connectivity index is 2.02. The Kier molecular flexibility index (Phi) is 5.61. The number of allylic oxidation sites excluding steroid dienone is 2. The Bertz CT molecular complexity index is 273. The molecule has 0 heterocycles. The minimum Gasteiger partial charge on any atom is -0.469 e. The first-order valence-electron chi connectivity index (χ1n) is 5.72. The second-order valence-electron chi connectivity index (χ2n) is 4.00. The van der Waals surface area contributed by atoms with Crippen LogP contribution in [0, 0.1) is 5.92 Å². The van der Waals surface area contributed by atoms with Gasteiger partial charge in [0, 0.05) is 19.4 Å². The lowest BCUT2D eigenvalue weighted by Crippen LogP contribution is -2.26. The fourth-order valence-corrected chi connectivity index (χ4v) is 1.74. The van der Waals surface area contributed by atoms with Crippen molar-refractivity contribution in [2.45, 2.75) is 32.1 Å². The molecule has 0 spiro atoms. The lowest BCUT2D eigenvalue weighted by Gasteiger charge is -2.08. The Morgan fingerprint density at radius 3 is 2.94 bits per heavy atom. The highest BCUT2D eigenvalue weighted by molar-refractivity contribution is 5.76. The van der Waals surface area contributed by atoms with Crippen LogP contribution < -0.4 is 5.32 Å². The summed E-state index contributed by atoms with van der Waals surface area (Å²) in [6.45, 7) is 0.546. The Morgan fingerprint density at radius 1 is 1.50 bits per heavy atom. The molecule has 0 aromatic heterocycles. The van der Waals surface area contributed by atoms with Gasteiger partial charge in [-0.15, -0.1) is 0 Å². The lowest BCUT2D eigenvalue weighted by molar-refractivity contribution is -0.140. The standard InChI is InChI=1S/C12H19NO3/c1-16-12(15)7-4-8-13-11(14)9-10-5-2-3-6-10/h2,5,10H,3-4,6-9H2,1H3,(H,13,14). The minimum atomic E-state index is -0.229. The van der Waals surface area contributed by atoms with E-state index in [0.29, 0.717) is 31.7 Å². The highest BCUT2D eigenvalue weighted by atomic mass is 16.5. The predicted octanol–water partition coefficient (Wildman–Crippen LogP) is 1.41. The van der Waals surface area contributed by atoms with Crippen molar-refractivity contribution >= 4 is 11.9 Å². The van der Waals surface area contributed by atoms with Crippen LogP contribution >= 0.6 is 0 Å². The second-order valence-corrected chi connectivity index (χ2v) is 4.00. The van der Waals surface area contributed by atoms with Crippen LogP contribution in [0.25, 0.3) is 0 Å². The van der Waals surface area contributed by atoms with Gasteiger partial charge in [-0.3, -0.25) is 9.59 Å². The van der Waals surface area contributed by atoms with E-state index in [4.69, 9.17) is 0 Å². The monoisotopic (exact) mass is 225 g/mol. The molecule has 0 bridgehead atoms. The van der Waals surface area contributed by atoms with Gasteiger partial charge in [0.2, 0.25) is 5.91 Å². The van der Waals surface area contributed by atoms with Gasteiger partial charge in [-0.1, -0.05) is 12.2 Å². The molecule has 1 aliphatic rings. The van der Waals surface area contributed by atoms with E-state index in [0.717, 1.165) is 12.8 Å². The van der Waals surface area contributed by atoms with Gasteiger partial charge in [0.25, 0.3) is 0 Å². The molecule has 0 aromatic rings. The van der Waals surface area contributed by atoms with Gasteiger partial charge in [0.05, 0.1) is 7.11 Å². The minimum absolute atomic E-state index is 0.0708. The smallest absolute Gasteiger partial charge is 0.305 e. The summed E-state index contributed by atoms with van der Waals surface area (Å²) in [4.78, 5) is 22.2. The Morgan fingerprint density at radius 2 is 2.31 bits per heavy atom. The predicted molar refractivity (Wildman–Crippen MR) is 60.7 cm³/mol. The number of amides is 1. The third-order valence-corrected chi connectivity index (χ3v) is 2.67. The van der Waals surface area contributed by atoms with Crippen LogP contribution in [0.2, 0.25) is 0 Å². The lowest BCUT2D eigenvalue weighted by atomic mass is 10.1. The molecule has 1 atom stereocenters. The van der Waals surface area contributed by atoms with Gasteiger partial charge in [-0.2, -0.15) is 0 Å². The largest absolute Gasteiger partial charge is 0.469 e. The third kappa shape index (κ3) is 4.96. The molecular formula is C12H19NO3.